The molecule has 2 fully saturated rings. The van der Waals surface area contributed by atoms with E-state index in [1.54, 1.807) is 41.7 Å². The molecule has 0 bridgehead atoms. The van der Waals surface area contributed by atoms with Crippen molar-refractivity contribution in [3.8, 4) is 5.75 Å². The zero-order valence-electron chi connectivity index (χ0n) is 23.2. The lowest BCUT2D eigenvalue weighted by atomic mass is 9.82. The summed E-state index contributed by atoms with van der Waals surface area (Å²) in [6.45, 7) is 11.0. The van der Waals surface area contributed by atoms with E-state index in [-0.39, 0.29) is 10.3 Å². The molecule has 2 heterocycles. The van der Waals surface area contributed by atoms with Gasteiger partial charge < -0.3 is 9.64 Å². The van der Waals surface area contributed by atoms with Crippen LogP contribution in [0.4, 0.5) is 5.69 Å². The number of nitrogens with zero attached hydrogens (tertiary/aromatic N) is 3. The third-order valence-electron chi connectivity index (χ3n) is 8.14. The SMILES string of the molecule is CCC(C)(C)c1ccc(S(=O)(=O)N2CCN(c3cc(S(=O)(=O)N4CCC[C@H](C)C4)ccc3OC)CC2)cc1. The van der Waals surface area contributed by atoms with Gasteiger partial charge in [-0.1, -0.05) is 39.8 Å². The maximum atomic E-state index is 13.4. The highest BCUT2D eigenvalue weighted by Gasteiger charge is 2.32. The van der Waals surface area contributed by atoms with E-state index in [1.807, 2.05) is 17.0 Å². The second-order valence-corrected chi connectivity index (χ2v) is 15.0. The van der Waals surface area contributed by atoms with Crippen LogP contribution in [0.15, 0.2) is 52.3 Å². The first-order valence-electron chi connectivity index (χ1n) is 13.4. The van der Waals surface area contributed by atoms with Crippen LogP contribution in [0.25, 0.3) is 0 Å². The Labute approximate surface area is 228 Å². The second-order valence-electron chi connectivity index (χ2n) is 11.1. The summed E-state index contributed by atoms with van der Waals surface area (Å²) >= 11 is 0. The van der Waals surface area contributed by atoms with Crippen molar-refractivity contribution in [1.29, 1.82) is 0 Å². The number of hydrogen-bond donors (Lipinski definition) is 0. The van der Waals surface area contributed by atoms with E-state index in [9.17, 15) is 16.8 Å². The average molecular weight is 564 g/mol. The molecule has 2 aromatic carbocycles. The number of hydrogen-bond acceptors (Lipinski definition) is 6. The molecule has 2 saturated heterocycles. The zero-order valence-corrected chi connectivity index (χ0v) is 24.8. The molecule has 210 valence electrons. The van der Waals surface area contributed by atoms with E-state index in [1.165, 1.54) is 4.31 Å². The summed E-state index contributed by atoms with van der Waals surface area (Å²) in [7, 11) is -5.69. The summed E-state index contributed by atoms with van der Waals surface area (Å²) in [5.41, 5.74) is 1.77. The quantitative estimate of drug-likeness (QED) is 0.476. The van der Waals surface area contributed by atoms with Gasteiger partial charge in [-0.05, 0) is 66.5 Å². The highest BCUT2D eigenvalue weighted by Crippen LogP contribution is 2.34. The van der Waals surface area contributed by atoms with Gasteiger partial charge in [0, 0.05) is 39.3 Å². The molecule has 0 aliphatic carbocycles. The number of rotatable bonds is 8. The topological polar surface area (TPSA) is 87.2 Å². The molecule has 2 aliphatic rings. The normalized spacial score (nSPS) is 20.4. The van der Waals surface area contributed by atoms with Gasteiger partial charge in [-0.3, -0.25) is 0 Å². The molecule has 0 radical (unpaired) electrons. The summed E-state index contributed by atoms with van der Waals surface area (Å²) in [6.07, 6.45) is 2.86. The molecule has 4 rings (SSSR count). The highest BCUT2D eigenvalue weighted by molar-refractivity contribution is 7.89. The first kappa shape index (κ1) is 28.9. The van der Waals surface area contributed by atoms with Crippen molar-refractivity contribution >= 4 is 25.7 Å². The molecule has 2 aliphatic heterocycles. The van der Waals surface area contributed by atoms with E-state index >= 15 is 0 Å². The summed E-state index contributed by atoms with van der Waals surface area (Å²) in [5, 5.41) is 0. The molecule has 8 nitrogen and oxygen atoms in total. The van der Waals surface area contributed by atoms with Crippen LogP contribution in [0.3, 0.4) is 0 Å². The third kappa shape index (κ3) is 5.73. The Kier molecular flexibility index (Phi) is 8.47. The smallest absolute Gasteiger partial charge is 0.243 e. The number of methoxy groups -OCH3 is 1. The van der Waals surface area contributed by atoms with Crippen LogP contribution in [0.1, 0.15) is 52.5 Å². The Morgan fingerprint density at radius 3 is 2.05 bits per heavy atom. The lowest BCUT2D eigenvalue weighted by Gasteiger charge is -2.36. The fraction of sp³-hybridized carbons (Fsp3) is 0.571. The van der Waals surface area contributed by atoms with Gasteiger partial charge in [-0.2, -0.15) is 8.61 Å². The lowest BCUT2D eigenvalue weighted by molar-refractivity contribution is 0.281. The number of piperidine rings is 1. The Hall–Kier alpha value is -2.14. The molecule has 2 aromatic rings. The summed E-state index contributed by atoms with van der Waals surface area (Å²) < 4.78 is 62.2. The first-order valence-corrected chi connectivity index (χ1v) is 16.3. The lowest BCUT2D eigenvalue weighted by Crippen LogP contribution is -2.48. The molecule has 10 heteroatoms. The predicted octanol–water partition coefficient (Wildman–Crippen LogP) is 4.31. The first-order chi connectivity index (χ1) is 17.9. The minimum absolute atomic E-state index is 0.0127. The van der Waals surface area contributed by atoms with Crippen molar-refractivity contribution in [1.82, 2.24) is 8.61 Å². The maximum absolute atomic E-state index is 13.4. The van der Waals surface area contributed by atoms with Crippen molar-refractivity contribution in [2.75, 3.05) is 51.3 Å². The molecule has 0 saturated carbocycles. The van der Waals surface area contributed by atoms with E-state index in [0.29, 0.717) is 61.5 Å². The largest absolute Gasteiger partial charge is 0.495 e. The average Bonchev–Trinajstić information content (AvgIpc) is 2.92. The van der Waals surface area contributed by atoms with Crippen LogP contribution < -0.4 is 9.64 Å². The number of piperazine rings is 1. The molecule has 0 amide bonds. The molecule has 0 unspecified atom stereocenters. The van der Waals surface area contributed by atoms with Crippen LogP contribution in [0.5, 0.6) is 5.75 Å². The monoisotopic (exact) mass is 563 g/mol. The number of sulfonamides is 2. The fourth-order valence-electron chi connectivity index (χ4n) is 5.19. The molecule has 0 N–H and O–H groups in total. The van der Waals surface area contributed by atoms with E-state index in [4.69, 9.17) is 4.74 Å². The van der Waals surface area contributed by atoms with Crippen molar-refractivity contribution in [2.45, 2.75) is 62.2 Å². The van der Waals surface area contributed by atoms with Gasteiger partial charge in [-0.15, -0.1) is 0 Å². The number of ether oxygens (including phenoxy) is 1. The van der Waals surface area contributed by atoms with E-state index in [0.717, 1.165) is 24.8 Å². The minimum atomic E-state index is -3.63. The van der Waals surface area contributed by atoms with Crippen LogP contribution in [-0.2, 0) is 25.5 Å². The zero-order chi connectivity index (χ0) is 27.7. The van der Waals surface area contributed by atoms with Crippen molar-refractivity contribution in [3.05, 3.63) is 48.0 Å². The number of benzene rings is 2. The Morgan fingerprint density at radius 2 is 1.47 bits per heavy atom. The summed E-state index contributed by atoms with van der Waals surface area (Å²) in [5.74, 6) is 0.905. The minimum Gasteiger partial charge on any atom is -0.495 e. The standard InChI is InChI=1S/C28H41N3O5S2/c1-6-28(3,4)23-9-11-24(12-10-23)37(32,33)30-18-16-29(17-19-30)26-20-25(13-14-27(26)36-5)38(34,35)31-15-7-8-22(2)21-31/h9-14,20,22H,6-8,15-19,21H2,1-5H3/t22-/m0/s1. The summed E-state index contributed by atoms with van der Waals surface area (Å²) in [6, 6.07) is 12.2. The van der Waals surface area contributed by atoms with Crippen molar-refractivity contribution < 1.29 is 21.6 Å². The third-order valence-corrected chi connectivity index (χ3v) is 11.9. The van der Waals surface area contributed by atoms with Gasteiger partial charge in [0.05, 0.1) is 22.6 Å². The Morgan fingerprint density at radius 1 is 0.868 bits per heavy atom. The van der Waals surface area contributed by atoms with E-state index in [2.05, 4.69) is 27.7 Å². The molecule has 1 atom stereocenters. The molecular formula is C28H41N3O5S2. The van der Waals surface area contributed by atoms with Crippen LogP contribution in [0.2, 0.25) is 0 Å². The Balaban J connectivity index is 1.51. The molecular weight excluding hydrogens is 522 g/mol. The van der Waals surface area contributed by atoms with Gasteiger partial charge in [0.2, 0.25) is 20.0 Å². The van der Waals surface area contributed by atoms with Gasteiger partial charge >= 0.3 is 0 Å². The van der Waals surface area contributed by atoms with Gasteiger partial charge in [0.15, 0.2) is 0 Å². The van der Waals surface area contributed by atoms with Crippen molar-refractivity contribution in [2.24, 2.45) is 5.92 Å². The fourth-order valence-corrected chi connectivity index (χ4v) is 8.23. The summed E-state index contributed by atoms with van der Waals surface area (Å²) in [4.78, 5) is 2.55. The second kappa shape index (κ2) is 11.2. The predicted molar refractivity (Wildman–Crippen MR) is 151 cm³/mol. The van der Waals surface area contributed by atoms with Crippen LogP contribution in [0, 0.1) is 5.92 Å². The molecule has 0 spiro atoms. The van der Waals surface area contributed by atoms with Gasteiger partial charge in [0.1, 0.15) is 5.75 Å². The molecule has 0 aromatic heterocycles. The van der Waals surface area contributed by atoms with Crippen LogP contribution >= 0.6 is 0 Å². The number of anilines is 1. The molecule has 38 heavy (non-hydrogen) atoms. The highest BCUT2D eigenvalue weighted by atomic mass is 32.2. The van der Waals surface area contributed by atoms with Crippen molar-refractivity contribution in [3.63, 3.8) is 0 Å². The van der Waals surface area contributed by atoms with Crippen LogP contribution in [-0.4, -0.2) is 71.8 Å². The van der Waals surface area contributed by atoms with Gasteiger partial charge in [-0.25, -0.2) is 16.8 Å². The van der Waals surface area contributed by atoms with E-state index < -0.39 is 20.0 Å². The maximum Gasteiger partial charge on any atom is 0.243 e. The van der Waals surface area contributed by atoms with Gasteiger partial charge in [0.25, 0.3) is 0 Å². The Bertz CT molecular complexity index is 1330.